The van der Waals surface area contributed by atoms with Crippen LogP contribution in [0.15, 0.2) is 0 Å². The molecule has 0 aliphatic carbocycles. The Bertz CT molecular complexity index is 953. The molecule has 56 heavy (non-hydrogen) atoms. The molecule has 0 N–H and O–H groups in total. The molecular formula is C44H92N4O8. The molecule has 0 spiro atoms. The molecule has 0 fully saturated rings. The van der Waals surface area contributed by atoms with Crippen molar-refractivity contribution in [3.05, 3.63) is 0 Å². The van der Waals surface area contributed by atoms with Crippen molar-refractivity contribution >= 4 is 23.6 Å². The number of nitrogens with zero attached hydrogens (tertiary/aromatic N) is 4. The Morgan fingerprint density at radius 3 is 0.732 bits per heavy atom. The highest BCUT2D eigenvalue weighted by atomic mass is 16.5. The molecule has 0 bridgehead atoms. The van der Waals surface area contributed by atoms with Crippen LogP contribution in [0.5, 0.6) is 0 Å². The van der Waals surface area contributed by atoms with Gasteiger partial charge in [0.25, 0.3) is 0 Å². The number of likely N-dealkylation sites (N-methyl/N-ethyl adjacent to an activating group) is 2. The minimum Gasteiger partial charge on any atom is -0.378 e. The highest BCUT2D eigenvalue weighted by molar-refractivity contribution is 5.79. The van der Waals surface area contributed by atoms with Gasteiger partial charge in [-0.2, -0.15) is 0 Å². The van der Waals surface area contributed by atoms with Gasteiger partial charge in [0.2, 0.25) is 23.6 Å². The zero-order valence-corrected chi connectivity index (χ0v) is 40.8. The van der Waals surface area contributed by atoms with Gasteiger partial charge >= 0.3 is 0 Å². The predicted octanol–water partition coefficient (Wildman–Crippen LogP) is 7.66. The van der Waals surface area contributed by atoms with E-state index in [1.807, 2.05) is 167 Å². The Hall–Kier alpha value is -2.28. The monoisotopic (exact) mass is 805 g/mol. The van der Waals surface area contributed by atoms with E-state index in [0.29, 0.717) is 26.4 Å². The normalized spacial score (nSPS) is 13.4. The molecular weight excluding hydrogens is 713 g/mol. The average molecular weight is 805 g/mol. The van der Waals surface area contributed by atoms with E-state index in [9.17, 15) is 19.2 Å². The van der Waals surface area contributed by atoms with Crippen molar-refractivity contribution in [2.24, 2.45) is 23.7 Å². The maximum atomic E-state index is 11.7. The van der Waals surface area contributed by atoms with Gasteiger partial charge in [-0.1, -0.05) is 41.5 Å². The molecule has 0 saturated carbocycles. The number of ether oxygens (including phenoxy) is 4. The second-order valence-corrected chi connectivity index (χ2v) is 17.3. The first kappa shape index (κ1) is 60.4. The lowest BCUT2D eigenvalue weighted by Gasteiger charge is -2.27. The van der Waals surface area contributed by atoms with Gasteiger partial charge in [-0.15, -0.1) is 0 Å². The molecule has 0 aliphatic heterocycles. The molecule has 0 heterocycles. The summed E-state index contributed by atoms with van der Waals surface area (Å²) in [7, 11) is 7.32. The van der Waals surface area contributed by atoms with Crippen molar-refractivity contribution in [1.82, 2.24) is 19.6 Å². The first-order chi connectivity index (χ1) is 25.4. The summed E-state index contributed by atoms with van der Waals surface area (Å²) >= 11 is 0. The van der Waals surface area contributed by atoms with Gasteiger partial charge in [0.15, 0.2) is 0 Å². The number of rotatable bonds is 20. The van der Waals surface area contributed by atoms with Gasteiger partial charge in [-0.05, 0) is 96.9 Å². The average Bonchev–Trinajstić information content (AvgIpc) is 3.11. The maximum absolute atomic E-state index is 11.7. The van der Waals surface area contributed by atoms with Crippen molar-refractivity contribution in [3.63, 3.8) is 0 Å². The Kier molecular flexibility index (Phi) is 35.2. The SMILES string of the molecule is CC(C)OCC(C)C(=O)N(C)C(C)C.CC(C)OCC(C)C(=O)N(C)C(C)C.CC(C)OCC(C)N(C)C(=O)C(C)C.CC(C)OCC(C)N(C)C(=O)C(C)C. The van der Waals surface area contributed by atoms with E-state index in [-0.39, 0.29) is 95.9 Å². The number of hydrogen-bond donors (Lipinski definition) is 0. The quantitative estimate of drug-likeness (QED) is 0.123. The molecule has 12 nitrogen and oxygen atoms in total. The molecule has 12 heteroatoms. The largest absolute Gasteiger partial charge is 0.378 e. The van der Waals surface area contributed by atoms with Crippen LogP contribution < -0.4 is 0 Å². The van der Waals surface area contributed by atoms with E-state index in [1.165, 1.54) is 0 Å². The van der Waals surface area contributed by atoms with Gasteiger partial charge in [0.1, 0.15) is 0 Å². The smallest absolute Gasteiger partial charge is 0.227 e. The van der Waals surface area contributed by atoms with Crippen LogP contribution in [-0.2, 0) is 38.1 Å². The summed E-state index contributed by atoms with van der Waals surface area (Å²) in [6.07, 6.45) is 0.823. The summed E-state index contributed by atoms with van der Waals surface area (Å²) in [4.78, 5) is 53.7. The molecule has 0 aromatic carbocycles. The van der Waals surface area contributed by atoms with Crippen LogP contribution >= 0.6 is 0 Å². The van der Waals surface area contributed by atoms with Gasteiger partial charge in [0.05, 0.1) is 74.8 Å². The number of amides is 4. The fourth-order valence-electron chi connectivity index (χ4n) is 4.16. The first-order valence-electron chi connectivity index (χ1n) is 21.0. The van der Waals surface area contributed by atoms with Crippen LogP contribution in [0.1, 0.15) is 138 Å². The minimum absolute atomic E-state index is 0.0511. The summed E-state index contributed by atoms with van der Waals surface area (Å²) in [5, 5.41) is 0. The van der Waals surface area contributed by atoms with Crippen LogP contribution in [0.4, 0.5) is 0 Å². The summed E-state index contributed by atoms with van der Waals surface area (Å²) < 4.78 is 21.7. The molecule has 4 atom stereocenters. The van der Waals surface area contributed by atoms with Crippen LogP contribution in [0, 0.1) is 23.7 Å². The Morgan fingerprint density at radius 2 is 0.554 bits per heavy atom. The predicted molar refractivity (Wildman–Crippen MR) is 233 cm³/mol. The van der Waals surface area contributed by atoms with Gasteiger partial charge in [-0.3, -0.25) is 19.2 Å². The summed E-state index contributed by atoms with van der Waals surface area (Å²) in [6, 6.07) is 0.799. The molecule has 0 saturated heterocycles. The highest BCUT2D eigenvalue weighted by Crippen LogP contribution is 2.09. The van der Waals surface area contributed by atoms with Crippen molar-refractivity contribution in [2.75, 3.05) is 54.6 Å². The lowest BCUT2D eigenvalue weighted by molar-refractivity contribution is -0.138. The van der Waals surface area contributed by atoms with E-state index in [0.717, 1.165) is 0 Å². The van der Waals surface area contributed by atoms with Gasteiger partial charge in [-0.25, -0.2) is 0 Å². The molecule has 0 aliphatic rings. The zero-order chi connectivity index (χ0) is 45.2. The third-order valence-electron chi connectivity index (χ3n) is 8.79. The highest BCUT2D eigenvalue weighted by Gasteiger charge is 2.22. The number of hydrogen-bond acceptors (Lipinski definition) is 8. The second kappa shape index (κ2) is 32.7. The lowest BCUT2D eigenvalue weighted by Crippen LogP contribution is -2.40. The topological polar surface area (TPSA) is 118 Å². The van der Waals surface area contributed by atoms with Crippen molar-refractivity contribution in [1.29, 1.82) is 0 Å². The van der Waals surface area contributed by atoms with Crippen LogP contribution in [0.2, 0.25) is 0 Å². The van der Waals surface area contributed by atoms with Crippen molar-refractivity contribution in [2.45, 2.75) is 187 Å². The van der Waals surface area contributed by atoms with Gasteiger partial charge < -0.3 is 38.5 Å². The van der Waals surface area contributed by atoms with E-state index >= 15 is 0 Å². The van der Waals surface area contributed by atoms with E-state index in [4.69, 9.17) is 18.9 Å². The minimum atomic E-state index is -0.0511. The Labute approximate surface area is 346 Å². The van der Waals surface area contributed by atoms with Crippen molar-refractivity contribution in [3.8, 4) is 0 Å². The van der Waals surface area contributed by atoms with Gasteiger partial charge in [0, 0.05) is 52.1 Å². The summed E-state index contributed by atoms with van der Waals surface area (Å²) in [5.74, 6) is 0.661. The summed E-state index contributed by atoms with van der Waals surface area (Å²) in [5.41, 5.74) is 0. The van der Waals surface area contributed by atoms with E-state index in [1.54, 1.807) is 19.6 Å². The molecule has 336 valence electrons. The van der Waals surface area contributed by atoms with E-state index < -0.39 is 0 Å². The van der Waals surface area contributed by atoms with Crippen LogP contribution in [0.3, 0.4) is 0 Å². The first-order valence-corrected chi connectivity index (χ1v) is 21.0. The lowest BCUT2D eigenvalue weighted by atomic mass is 10.1. The maximum Gasteiger partial charge on any atom is 0.227 e. The molecule has 0 radical (unpaired) electrons. The molecule has 4 amide bonds. The Morgan fingerprint density at radius 1 is 0.339 bits per heavy atom. The molecule has 0 rings (SSSR count). The van der Waals surface area contributed by atoms with Crippen LogP contribution in [-0.4, -0.2) is 146 Å². The fraction of sp³-hybridized carbons (Fsp3) is 0.909. The van der Waals surface area contributed by atoms with Crippen LogP contribution in [0.25, 0.3) is 0 Å². The molecule has 0 aromatic rings. The standard InChI is InChI=1S/4C11H23NO2/c2*1-8(2)12(6)11(13)10(5)7-14-9(3)4;2*1-8(2)11(13)12(6)10(5)7-14-9(3)4/h4*8-10H,7H2,1-6H3. The Balaban J connectivity index is -0.000000322. The summed E-state index contributed by atoms with van der Waals surface area (Å²) in [6.45, 7) is 41.6. The third kappa shape index (κ3) is 30.8. The zero-order valence-electron chi connectivity index (χ0n) is 40.8. The second-order valence-electron chi connectivity index (χ2n) is 17.3. The fourth-order valence-corrected chi connectivity index (χ4v) is 4.16. The third-order valence-corrected chi connectivity index (χ3v) is 8.79. The van der Waals surface area contributed by atoms with E-state index in [2.05, 4.69) is 0 Å². The number of carbonyl (C=O) groups excluding carboxylic acids is 4. The molecule has 4 unspecified atom stereocenters. The van der Waals surface area contributed by atoms with Crippen molar-refractivity contribution < 1.29 is 38.1 Å². The number of carbonyl (C=O) groups is 4. The molecule has 0 aromatic heterocycles.